The van der Waals surface area contributed by atoms with Crippen molar-refractivity contribution >= 4 is 35.2 Å². The number of pyridine rings is 2. The van der Waals surface area contributed by atoms with Gasteiger partial charge in [0.2, 0.25) is 11.8 Å². The third kappa shape index (κ3) is 6.73. The van der Waals surface area contributed by atoms with Crippen molar-refractivity contribution in [2.75, 3.05) is 48.2 Å². The molecule has 1 fully saturated rings. The molecule has 3 N–H and O–H groups in total. The van der Waals surface area contributed by atoms with Crippen LogP contribution in [0.4, 0.5) is 0 Å². The van der Waals surface area contributed by atoms with E-state index in [1.807, 2.05) is 0 Å². The van der Waals surface area contributed by atoms with Crippen LogP contribution in [-0.2, 0) is 29.5 Å². The van der Waals surface area contributed by atoms with Crippen LogP contribution in [0.25, 0.3) is 0 Å². The number of fused-ring (bicyclic) bond motifs is 1. The first-order valence-corrected chi connectivity index (χ1v) is 14.3. The van der Waals surface area contributed by atoms with E-state index >= 15 is 0 Å². The van der Waals surface area contributed by atoms with Gasteiger partial charge in [0.05, 0.1) is 17.3 Å². The first-order chi connectivity index (χ1) is 20.5. The van der Waals surface area contributed by atoms with Crippen molar-refractivity contribution in [1.29, 1.82) is 0 Å². The molecule has 0 bridgehead atoms. The Morgan fingerprint density at radius 2 is 1.79 bits per heavy atom. The Hall–Kier alpha value is -3.81. The highest BCUT2D eigenvalue weighted by Crippen LogP contribution is 2.48. The SMILES string of the molecule is COCOCCN(C)C(=O)c1ccc2c(n1)C(NC(=O)C1CCC(C(=O)N(C)C)CC1)C(C(N)=O)(c1ccc(Cl)cn1)O2. The molecule has 13 nitrogen and oxygen atoms in total. The molecule has 0 saturated heterocycles. The molecule has 4 amide bonds. The number of halogens is 1. The van der Waals surface area contributed by atoms with Gasteiger partial charge in [0.15, 0.2) is 0 Å². The zero-order valence-electron chi connectivity index (χ0n) is 24.7. The summed E-state index contributed by atoms with van der Waals surface area (Å²) in [5.74, 6) is -2.02. The number of ether oxygens (including phenoxy) is 3. The number of carbonyl (C=O) groups excluding carboxylic acids is 4. The molecule has 0 aromatic carbocycles. The van der Waals surface area contributed by atoms with E-state index in [9.17, 15) is 19.2 Å². The van der Waals surface area contributed by atoms with Crippen LogP contribution in [-0.4, -0.2) is 91.6 Å². The topological polar surface area (TPSA) is 166 Å². The molecule has 1 aliphatic heterocycles. The molecule has 2 aromatic rings. The lowest BCUT2D eigenvalue weighted by Crippen LogP contribution is -2.54. The average Bonchev–Trinajstić information content (AvgIpc) is 3.33. The third-order valence-electron chi connectivity index (χ3n) is 7.82. The van der Waals surface area contributed by atoms with E-state index in [1.54, 1.807) is 26.0 Å². The normalized spacial score (nSPS) is 22.7. The van der Waals surface area contributed by atoms with Crippen LogP contribution in [0, 0.1) is 11.8 Å². The maximum Gasteiger partial charge on any atom is 0.272 e. The van der Waals surface area contributed by atoms with Gasteiger partial charge in [-0.05, 0) is 49.9 Å². The van der Waals surface area contributed by atoms with E-state index in [0.717, 1.165) is 0 Å². The molecule has 2 aliphatic rings. The van der Waals surface area contributed by atoms with Crippen molar-refractivity contribution < 1.29 is 33.4 Å². The lowest BCUT2D eigenvalue weighted by Gasteiger charge is -2.33. The largest absolute Gasteiger partial charge is 0.466 e. The Kier molecular flexibility index (Phi) is 10.2. The lowest BCUT2D eigenvalue weighted by molar-refractivity contribution is -0.140. The minimum absolute atomic E-state index is 0.0372. The van der Waals surface area contributed by atoms with Gasteiger partial charge in [-0.25, -0.2) is 4.98 Å². The Morgan fingerprint density at radius 1 is 1.09 bits per heavy atom. The Balaban J connectivity index is 1.65. The fourth-order valence-electron chi connectivity index (χ4n) is 5.45. The predicted molar refractivity (Wildman–Crippen MR) is 155 cm³/mol. The van der Waals surface area contributed by atoms with Crippen LogP contribution in [0.15, 0.2) is 30.5 Å². The number of nitrogens with zero attached hydrogens (tertiary/aromatic N) is 4. The number of hydrogen-bond acceptors (Lipinski definition) is 9. The van der Waals surface area contributed by atoms with Crippen LogP contribution >= 0.6 is 11.6 Å². The van der Waals surface area contributed by atoms with E-state index in [4.69, 9.17) is 31.5 Å². The van der Waals surface area contributed by atoms with Gasteiger partial charge >= 0.3 is 0 Å². The molecule has 0 radical (unpaired) electrons. The summed E-state index contributed by atoms with van der Waals surface area (Å²) >= 11 is 6.06. The molecule has 2 aromatic heterocycles. The number of nitrogens with two attached hydrogens (primary N) is 1. The highest BCUT2D eigenvalue weighted by Gasteiger charge is 2.58. The first-order valence-electron chi connectivity index (χ1n) is 13.9. The minimum Gasteiger partial charge on any atom is -0.466 e. The van der Waals surface area contributed by atoms with E-state index in [0.29, 0.717) is 30.7 Å². The third-order valence-corrected chi connectivity index (χ3v) is 8.05. The van der Waals surface area contributed by atoms with Gasteiger partial charge in [-0.15, -0.1) is 0 Å². The fourth-order valence-corrected chi connectivity index (χ4v) is 5.56. The number of nitrogens with one attached hydrogen (secondary N) is 1. The summed E-state index contributed by atoms with van der Waals surface area (Å²) in [5, 5.41) is 3.27. The van der Waals surface area contributed by atoms with Gasteiger partial charge in [0.1, 0.15) is 30.0 Å². The zero-order valence-corrected chi connectivity index (χ0v) is 25.4. The van der Waals surface area contributed by atoms with Crippen molar-refractivity contribution in [3.8, 4) is 5.75 Å². The monoisotopic (exact) mass is 616 g/mol. The van der Waals surface area contributed by atoms with E-state index < -0.39 is 29.4 Å². The number of primary amides is 1. The number of aromatic nitrogens is 2. The highest BCUT2D eigenvalue weighted by atomic mass is 35.5. The van der Waals surface area contributed by atoms with Gasteiger partial charge in [-0.1, -0.05) is 11.6 Å². The van der Waals surface area contributed by atoms with Gasteiger partial charge < -0.3 is 35.1 Å². The second-order valence-electron chi connectivity index (χ2n) is 10.9. The van der Waals surface area contributed by atoms with Crippen molar-refractivity contribution in [2.24, 2.45) is 17.6 Å². The molecule has 43 heavy (non-hydrogen) atoms. The van der Waals surface area contributed by atoms with Gasteiger partial charge in [0.25, 0.3) is 17.4 Å². The fraction of sp³-hybridized carbons (Fsp3) is 0.517. The number of rotatable bonds is 11. The molecule has 1 aliphatic carbocycles. The van der Waals surface area contributed by atoms with Crippen molar-refractivity contribution in [3.63, 3.8) is 0 Å². The summed E-state index contributed by atoms with van der Waals surface area (Å²) in [7, 11) is 6.53. The van der Waals surface area contributed by atoms with Crippen molar-refractivity contribution in [3.05, 3.63) is 52.6 Å². The highest BCUT2D eigenvalue weighted by molar-refractivity contribution is 6.30. The molecule has 2 atom stereocenters. The molecular weight excluding hydrogens is 580 g/mol. The predicted octanol–water partition coefficient (Wildman–Crippen LogP) is 1.65. The number of amides is 4. The molecule has 4 rings (SSSR count). The summed E-state index contributed by atoms with van der Waals surface area (Å²) in [6.45, 7) is 0.619. The maximum absolute atomic E-state index is 13.7. The number of hydrogen-bond donors (Lipinski definition) is 2. The zero-order chi connectivity index (χ0) is 31.3. The Labute approximate surface area is 255 Å². The van der Waals surface area contributed by atoms with Gasteiger partial charge in [-0.3, -0.25) is 24.2 Å². The quantitative estimate of drug-likeness (QED) is 0.282. The van der Waals surface area contributed by atoms with Crippen LogP contribution in [0.5, 0.6) is 5.75 Å². The first kappa shape index (κ1) is 32.1. The number of methoxy groups -OCH3 is 1. The van der Waals surface area contributed by atoms with E-state index in [1.165, 1.54) is 42.5 Å². The van der Waals surface area contributed by atoms with Gasteiger partial charge in [0, 0.05) is 52.8 Å². The molecule has 0 spiro atoms. The van der Waals surface area contributed by atoms with Crippen LogP contribution in [0.2, 0.25) is 5.02 Å². The summed E-state index contributed by atoms with van der Waals surface area (Å²) in [4.78, 5) is 64.4. The maximum atomic E-state index is 13.7. The molecular formula is C29H37ClN6O7. The Bertz CT molecular complexity index is 1350. The minimum atomic E-state index is -1.96. The second kappa shape index (κ2) is 13.7. The van der Waals surface area contributed by atoms with Crippen molar-refractivity contribution in [2.45, 2.75) is 37.3 Å². The molecule has 1 saturated carbocycles. The number of likely N-dealkylation sites (N-methyl/N-ethyl adjacent to an activating group) is 1. The second-order valence-corrected chi connectivity index (χ2v) is 11.3. The van der Waals surface area contributed by atoms with Crippen LogP contribution in [0.1, 0.15) is 53.6 Å². The van der Waals surface area contributed by atoms with Crippen LogP contribution in [0.3, 0.4) is 0 Å². The summed E-state index contributed by atoms with van der Waals surface area (Å²) in [5.41, 5.74) is 4.36. The van der Waals surface area contributed by atoms with Crippen molar-refractivity contribution in [1.82, 2.24) is 25.1 Å². The summed E-state index contributed by atoms with van der Waals surface area (Å²) in [6, 6.07) is 4.82. The van der Waals surface area contributed by atoms with Gasteiger partial charge in [-0.2, -0.15) is 0 Å². The molecule has 14 heteroatoms. The lowest BCUT2D eigenvalue weighted by atomic mass is 9.80. The Morgan fingerprint density at radius 3 is 2.40 bits per heavy atom. The number of carbonyl (C=O) groups is 4. The summed E-state index contributed by atoms with van der Waals surface area (Å²) in [6.07, 6.45) is 3.44. The van der Waals surface area contributed by atoms with E-state index in [-0.39, 0.29) is 60.5 Å². The smallest absolute Gasteiger partial charge is 0.272 e. The molecule has 232 valence electrons. The van der Waals surface area contributed by atoms with Crippen LogP contribution < -0.4 is 15.8 Å². The van der Waals surface area contributed by atoms with E-state index in [2.05, 4.69) is 15.3 Å². The summed E-state index contributed by atoms with van der Waals surface area (Å²) < 4.78 is 16.3. The molecule has 3 heterocycles. The molecule has 2 unspecified atom stereocenters. The average molecular weight is 617 g/mol. The standard InChI is InChI=1S/C29H37ClN6O7/c1-35(2)26(38)18-7-5-17(6-8-18)25(37)34-24-23-21(43-29(24,28(31)40)22-12-9-19(30)15-32-22)11-10-20(33-23)27(39)36(3)13-14-42-16-41-4/h9-12,15,17-18,24H,5-8,13-14,16H2,1-4H3,(H2,31,40)(H,34,37).